The largest absolute Gasteiger partial charge is 0.335 e. The van der Waals surface area contributed by atoms with Crippen LogP contribution in [0.5, 0.6) is 0 Å². The van der Waals surface area contributed by atoms with E-state index in [0.29, 0.717) is 16.5 Å². The molecule has 1 aliphatic heterocycles. The predicted octanol–water partition coefficient (Wildman–Crippen LogP) is 2.12. The van der Waals surface area contributed by atoms with Crippen molar-refractivity contribution in [3.05, 3.63) is 42.5 Å². The van der Waals surface area contributed by atoms with Gasteiger partial charge in [0.1, 0.15) is 6.54 Å². The molecule has 1 fully saturated rings. The molecule has 0 aliphatic carbocycles. The molecule has 1 N–H and O–H groups in total. The van der Waals surface area contributed by atoms with Crippen molar-refractivity contribution in [3.8, 4) is 0 Å². The molecule has 132 valence electrons. The van der Waals surface area contributed by atoms with Crippen molar-refractivity contribution in [1.82, 2.24) is 9.80 Å². The van der Waals surface area contributed by atoms with E-state index in [9.17, 15) is 19.2 Å². The lowest BCUT2D eigenvalue weighted by molar-refractivity contribution is -0.143. The second-order valence-electron chi connectivity index (χ2n) is 5.86. The first-order chi connectivity index (χ1) is 11.9. The first-order valence-corrected chi connectivity index (χ1v) is 8.07. The standard InChI is InChI=1S/C18H21N3O4/c1-4-10-20-16(23)17(24)21(18(20)25)11-15(22)19-14-8-6-13(7-9-14)12(3)5-2/h4,6-9,12H,1,5,10-11H2,2-3H3,(H,19,22)/t12-/m1/s1. The number of imide groups is 2. The van der Waals surface area contributed by atoms with Crippen LogP contribution in [0.2, 0.25) is 0 Å². The Labute approximate surface area is 146 Å². The Balaban J connectivity index is 2.00. The molecule has 0 unspecified atom stereocenters. The molecule has 1 aliphatic rings. The molecule has 0 radical (unpaired) electrons. The van der Waals surface area contributed by atoms with Gasteiger partial charge in [-0.1, -0.05) is 32.1 Å². The van der Waals surface area contributed by atoms with Crippen molar-refractivity contribution in [2.45, 2.75) is 26.2 Å². The molecule has 1 heterocycles. The van der Waals surface area contributed by atoms with Gasteiger partial charge < -0.3 is 5.32 Å². The molecule has 1 aromatic carbocycles. The predicted molar refractivity (Wildman–Crippen MR) is 92.8 cm³/mol. The van der Waals surface area contributed by atoms with Crippen molar-refractivity contribution in [2.75, 3.05) is 18.4 Å². The maximum Gasteiger partial charge on any atom is 0.335 e. The second kappa shape index (κ2) is 7.74. The fraction of sp³-hybridized carbons (Fsp3) is 0.333. The highest BCUT2D eigenvalue weighted by Crippen LogP contribution is 2.20. The van der Waals surface area contributed by atoms with E-state index in [2.05, 4.69) is 25.7 Å². The Morgan fingerprint density at radius 2 is 1.76 bits per heavy atom. The van der Waals surface area contributed by atoms with Crippen LogP contribution in [-0.2, 0) is 14.4 Å². The van der Waals surface area contributed by atoms with Crippen LogP contribution in [0.4, 0.5) is 10.5 Å². The lowest BCUT2D eigenvalue weighted by atomic mass is 9.99. The SMILES string of the molecule is C=CCN1C(=O)C(=O)N(CC(=O)Nc2ccc([C@H](C)CC)cc2)C1=O. The van der Waals surface area contributed by atoms with Gasteiger partial charge in [-0.2, -0.15) is 0 Å². The van der Waals surface area contributed by atoms with E-state index < -0.39 is 30.3 Å². The molecule has 0 bridgehead atoms. The van der Waals surface area contributed by atoms with Crippen LogP contribution >= 0.6 is 0 Å². The van der Waals surface area contributed by atoms with Gasteiger partial charge in [-0.15, -0.1) is 6.58 Å². The third kappa shape index (κ3) is 3.93. The summed E-state index contributed by atoms with van der Waals surface area (Å²) in [6, 6.07) is 6.57. The van der Waals surface area contributed by atoms with Gasteiger partial charge in [-0.25, -0.2) is 9.69 Å². The van der Waals surface area contributed by atoms with Gasteiger partial charge in [-0.05, 0) is 30.0 Å². The van der Waals surface area contributed by atoms with Crippen LogP contribution in [0.3, 0.4) is 0 Å². The number of nitrogens with one attached hydrogen (secondary N) is 1. The summed E-state index contributed by atoms with van der Waals surface area (Å²) in [7, 11) is 0. The van der Waals surface area contributed by atoms with Gasteiger partial charge in [0.15, 0.2) is 0 Å². The maximum atomic E-state index is 12.1. The van der Waals surface area contributed by atoms with Crippen molar-refractivity contribution >= 4 is 29.4 Å². The number of hydrogen-bond acceptors (Lipinski definition) is 4. The van der Waals surface area contributed by atoms with Crippen LogP contribution in [-0.4, -0.2) is 46.6 Å². The number of amides is 5. The third-order valence-electron chi connectivity index (χ3n) is 4.12. The Morgan fingerprint density at radius 3 is 2.32 bits per heavy atom. The number of rotatable bonds is 7. The summed E-state index contributed by atoms with van der Waals surface area (Å²) in [6.45, 7) is 7.06. The van der Waals surface area contributed by atoms with E-state index in [1.807, 2.05) is 12.1 Å². The van der Waals surface area contributed by atoms with Crippen LogP contribution in [0, 0.1) is 0 Å². The van der Waals surface area contributed by atoms with Gasteiger partial charge in [0.25, 0.3) is 0 Å². The lowest BCUT2D eigenvalue weighted by Crippen LogP contribution is -2.39. The normalized spacial score (nSPS) is 15.5. The van der Waals surface area contributed by atoms with Crippen molar-refractivity contribution in [1.29, 1.82) is 0 Å². The van der Waals surface area contributed by atoms with Gasteiger partial charge in [0.05, 0.1) is 0 Å². The van der Waals surface area contributed by atoms with Crippen molar-refractivity contribution in [3.63, 3.8) is 0 Å². The van der Waals surface area contributed by atoms with E-state index in [4.69, 9.17) is 0 Å². The number of urea groups is 1. The molecule has 7 heteroatoms. The van der Waals surface area contributed by atoms with E-state index in [1.54, 1.807) is 12.1 Å². The number of anilines is 1. The molecule has 2 rings (SSSR count). The maximum absolute atomic E-state index is 12.1. The first kappa shape index (κ1) is 18.4. The number of carbonyl (C=O) groups is 4. The van der Waals surface area contributed by atoms with Gasteiger partial charge in [-0.3, -0.25) is 19.3 Å². The first-order valence-electron chi connectivity index (χ1n) is 8.07. The van der Waals surface area contributed by atoms with E-state index in [0.717, 1.165) is 16.9 Å². The highest BCUT2D eigenvalue weighted by molar-refractivity contribution is 6.45. The minimum absolute atomic E-state index is 0.0708. The van der Waals surface area contributed by atoms with Crippen LogP contribution in [0.25, 0.3) is 0 Å². The van der Waals surface area contributed by atoms with E-state index in [1.165, 1.54) is 6.08 Å². The van der Waals surface area contributed by atoms with Crippen LogP contribution in [0.1, 0.15) is 31.7 Å². The van der Waals surface area contributed by atoms with E-state index >= 15 is 0 Å². The van der Waals surface area contributed by atoms with E-state index in [-0.39, 0.29) is 6.54 Å². The van der Waals surface area contributed by atoms with Crippen molar-refractivity contribution in [2.24, 2.45) is 0 Å². The molecule has 0 aromatic heterocycles. The highest BCUT2D eigenvalue weighted by atomic mass is 16.2. The number of carbonyl (C=O) groups excluding carboxylic acids is 4. The zero-order valence-corrected chi connectivity index (χ0v) is 14.3. The summed E-state index contributed by atoms with van der Waals surface area (Å²) in [5.74, 6) is -2.08. The Hall–Kier alpha value is -2.96. The molecular weight excluding hydrogens is 322 g/mol. The molecule has 7 nitrogen and oxygen atoms in total. The highest BCUT2D eigenvalue weighted by Gasteiger charge is 2.44. The Bertz CT molecular complexity index is 712. The fourth-order valence-electron chi connectivity index (χ4n) is 2.45. The number of hydrogen-bond donors (Lipinski definition) is 1. The molecule has 1 saturated heterocycles. The minimum atomic E-state index is -1.01. The summed E-state index contributed by atoms with van der Waals surface area (Å²) >= 11 is 0. The van der Waals surface area contributed by atoms with Gasteiger partial charge in [0, 0.05) is 12.2 Å². The lowest BCUT2D eigenvalue weighted by Gasteiger charge is -2.14. The monoisotopic (exact) mass is 343 g/mol. The molecule has 0 spiro atoms. The smallest absolute Gasteiger partial charge is 0.325 e. The molecular formula is C18H21N3O4. The zero-order valence-electron chi connectivity index (χ0n) is 14.3. The van der Waals surface area contributed by atoms with Gasteiger partial charge in [0.2, 0.25) is 5.91 Å². The summed E-state index contributed by atoms with van der Waals surface area (Å²) in [6.07, 6.45) is 2.35. The Kier molecular flexibility index (Phi) is 5.69. The quantitative estimate of drug-likeness (QED) is 0.467. The molecule has 5 amide bonds. The molecule has 1 atom stereocenters. The molecule has 0 saturated carbocycles. The van der Waals surface area contributed by atoms with Crippen LogP contribution in [0.15, 0.2) is 36.9 Å². The Morgan fingerprint density at radius 1 is 1.16 bits per heavy atom. The summed E-state index contributed by atoms with van der Waals surface area (Å²) < 4.78 is 0. The minimum Gasteiger partial charge on any atom is -0.325 e. The summed E-state index contributed by atoms with van der Waals surface area (Å²) in [4.78, 5) is 49.1. The number of benzene rings is 1. The molecule has 1 aromatic rings. The topological polar surface area (TPSA) is 86.8 Å². The summed E-state index contributed by atoms with van der Waals surface area (Å²) in [5, 5.41) is 2.62. The number of nitrogens with zero attached hydrogens (tertiary/aromatic N) is 2. The average Bonchev–Trinajstić information content (AvgIpc) is 2.80. The van der Waals surface area contributed by atoms with Crippen LogP contribution < -0.4 is 5.32 Å². The molecule has 25 heavy (non-hydrogen) atoms. The van der Waals surface area contributed by atoms with Crippen molar-refractivity contribution < 1.29 is 19.2 Å². The second-order valence-corrected chi connectivity index (χ2v) is 5.86. The zero-order chi connectivity index (χ0) is 18.6. The average molecular weight is 343 g/mol. The summed E-state index contributed by atoms with van der Waals surface area (Å²) in [5.41, 5.74) is 1.72. The van der Waals surface area contributed by atoms with Gasteiger partial charge >= 0.3 is 17.8 Å². The fourth-order valence-corrected chi connectivity index (χ4v) is 2.45. The third-order valence-corrected chi connectivity index (χ3v) is 4.12.